The van der Waals surface area contributed by atoms with Crippen LogP contribution < -0.4 is 4.74 Å². The third-order valence-corrected chi connectivity index (χ3v) is 3.12. The third-order valence-electron chi connectivity index (χ3n) is 1.92. The molecule has 0 saturated carbocycles. The van der Waals surface area contributed by atoms with Gasteiger partial charge in [0.2, 0.25) is 0 Å². The highest BCUT2D eigenvalue weighted by atomic mass is 79.9. The Balaban J connectivity index is 2.20. The van der Waals surface area contributed by atoms with E-state index >= 15 is 0 Å². The Morgan fingerprint density at radius 3 is 2.81 bits per heavy atom. The van der Waals surface area contributed by atoms with Crippen molar-refractivity contribution in [3.8, 4) is 10.9 Å². The van der Waals surface area contributed by atoms with Crippen LogP contribution in [0.25, 0.3) is 0 Å². The zero-order chi connectivity index (χ0) is 11.5. The quantitative estimate of drug-likeness (QED) is 0.816. The first kappa shape index (κ1) is 11.5. The van der Waals surface area contributed by atoms with Gasteiger partial charge in [0.1, 0.15) is 10.4 Å². The van der Waals surface area contributed by atoms with Crippen LogP contribution >= 0.6 is 27.5 Å². The molecule has 0 aliphatic rings. The number of rotatable bonds is 3. The predicted molar refractivity (Wildman–Crippen MR) is 66.0 cm³/mol. The SMILES string of the molecule is CCc1nsc(Oc2ccc(C)nc2Br)n1. The van der Waals surface area contributed by atoms with Crippen LogP contribution in [0.15, 0.2) is 16.7 Å². The summed E-state index contributed by atoms with van der Waals surface area (Å²) in [4.78, 5) is 8.47. The maximum atomic E-state index is 5.58. The monoisotopic (exact) mass is 299 g/mol. The van der Waals surface area contributed by atoms with Crippen LogP contribution in [0.1, 0.15) is 18.4 Å². The summed E-state index contributed by atoms with van der Waals surface area (Å²) in [7, 11) is 0. The molecule has 0 aromatic carbocycles. The highest BCUT2D eigenvalue weighted by Gasteiger charge is 2.08. The van der Waals surface area contributed by atoms with E-state index in [2.05, 4.69) is 30.3 Å². The van der Waals surface area contributed by atoms with Gasteiger partial charge < -0.3 is 4.74 Å². The molecule has 0 radical (unpaired) electrons. The maximum absolute atomic E-state index is 5.58. The second kappa shape index (κ2) is 4.88. The number of nitrogens with zero attached hydrogens (tertiary/aromatic N) is 3. The second-order valence-corrected chi connectivity index (χ2v) is 4.64. The molecule has 0 amide bonds. The number of aromatic nitrogens is 3. The number of hydrogen-bond donors (Lipinski definition) is 0. The van der Waals surface area contributed by atoms with Gasteiger partial charge >= 0.3 is 0 Å². The minimum atomic E-state index is 0.545. The first-order chi connectivity index (χ1) is 7.69. The van der Waals surface area contributed by atoms with Gasteiger partial charge in [-0.25, -0.2) is 4.98 Å². The summed E-state index contributed by atoms with van der Waals surface area (Å²) in [5.41, 5.74) is 0.936. The number of aryl methyl sites for hydroxylation is 2. The molecule has 0 bridgehead atoms. The van der Waals surface area contributed by atoms with Gasteiger partial charge in [-0.05, 0) is 35.0 Å². The normalized spacial score (nSPS) is 10.4. The summed E-state index contributed by atoms with van der Waals surface area (Å²) in [5.74, 6) is 1.46. The van der Waals surface area contributed by atoms with Crippen LogP contribution in [0.2, 0.25) is 0 Å². The average Bonchev–Trinajstić information content (AvgIpc) is 2.70. The second-order valence-electron chi connectivity index (χ2n) is 3.17. The summed E-state index contributed by atoms with van der Waals surface area (Å²) in [5, 5.41) is 0.545. The summed E-state index contributed by atoms with van der Waals surface area (Å²) >= 11 is 4.60. The molecular weight excluding hydrogens is 290 g/mol. The minimum Gasteiger partial charge on any atom is -0.427 e. The number of pyridine rings is 1. The van der Waals surface area contributed by atoms with Crippen molar-refractivity contribution in [2.45, 2.75) is 20.3 Å². The summed E-state index contributed by atoms with van der Waals surface area (Å²) in [6.45, 7) is 3.93. The largest absolute Gasteiger partial charge is 0.427 e. The Labute approximate surface area is 106 Å². The number of ether oxygens (including phenoxy) is 1. The van der Waals surface area contributed by atoms with Gasteiger partial charge in [0, 0.05) is 23.6 Å². The lowest BCUT2D eigenvalue weighted by Gasteiger charge is -2.03. The van der Waals surface area contributed by atoms with Gasteiger partial charge in [-0.15, -0.1) is 0 Å². The molecule has 2 aromatic heterocycles. The Kier molecular flexibility index (Phi) is 3.50. The van der Waals surface area contributed by atoms with Crippen molar-refractivity contribution in [2.75, 3.05) is 0 Å². The van der Waals surface area contributed by atoms with E-state index in [0.29, 0.717) is 15.5 Å². The molecule has 6 heteroatoms. The van der Waals surface area contributed by atoms with Crippen LogP contribution in [0.3, 0.4) is 0 Å². The molecule has 0 spiro atoms. The molecule has 2 heterocycles. The number of hydrogen-bond acceptors (Lipinski definition) is 5. The summed E-state index contributed by atoms with van der Waals surface area (Å²) in [6, 6.07) is 3.75. The van der Waals surface area contributed by atoms with Crippen LogP contribution in [0, 0.1) is 6.92 Å². The van der Waals surface area contributed by atoms with Gasteiger partial charge in [0.15, 0.2) is 5.75 Å². The Hall–Kier alpha value is -1.01. The molecule has 0 unspecified atom stereocenters. The van der Waals surface area contributed by atoms with E-state index in [1.54, 1.807) is 0 Å². The zero-order valence-corrected chi connectivity index (χ0v) is 11.3. The van der Waals surface area contributed by atoms with Crippen molar-refractivity contribution >= 4 is 27.5 Å². The van der Waals surface area contributed by atoms with Crippen molar-refractivity contribution in [3.63, 3.8) is 0 Å². The van der Waals surface area contributed by atoms with Crippen molar-refractivity contribution in [1.29, 1.82) is 0 Å². The highest BCUT2D eigenvalue weighted by Crippen LogP contribution is 2.29. The highest BCUT2D eigenvalue weighted by molar-refractivity contribution is 9.10. The minimum absolute atomic E-state index is 0.545. The zero-order valence-electron chi connectivity index (χ0n) is 8.90. The molecule has 16 heavy (non-hydrogen) atoms. The van der Waals surface area contributed by atoms with Gasteiger partial charge in [0.05, 0.1) is 0 Å². The topological polar surface area (TPSA) is 47.9 Å². The molecule has 0 aliphatic heterocycles. The van der Waals surface area contributed by atoms with Gasteiger partial charge in [-0.2, -0.15) is 9.36 Å². The smallest absolute Gasteiger partial charge is 0.298 e. The molecular formula is C10H10BrN3OS. The molecule has 4 nitrogen and oxygen atoms in total. The van der Waals surface area contributed by atoms with E-state index in [9.17, 15) is 0 Å². The van der Waals surface area contributed by atoms with Gasteiger partial charge in [0.25, 0.3) is 5.19 Å². The molecule has 0 fully saturated rings. The lowest BCUT2D eigenvalue weighted by atomic mass is 10.4. The van der Waals surface area contributed by atoms with Crippen molar-refractivity contribution in [3.05, 3.63) is 28.3 Å². The van der Waals surface area contributed by atoms with Crippen LogP contribution in [-0.2, 0) is 6.42 Å². The Morgan fingerprint density at radius 1 is 1.38 bits per heavy atom. The lowest BCUT2D eigenvalue weighted by Crippen LogP contribution is -1.89. The number of halogens is 1. The van der Waals surface area contributed by atoms with Crippen LogP contribution in [0.5, 0.6) is 10.9 Å². The fourth-order valence-corrected chi connectivity index (χ4v) is 2.22. The molecule has 2 rings (SSSR count). The van der Waals surface area contributed by atoms with E-state index in [4.69, 9.17) is 4.74 Å². The van der Waals surface area contributed by atoms with E-state index in [1.807, 2.05) is 26.0 Å². The van der Waals surface area contributed by atoms with E-state index < -0.39 is 0 Å². The molecule has 0 saturated heterocycles. The van der Waals surface area contributed by atoms with E-state index in [0.717, 1.165) is 17.9 Å². The van der Waals surface area contributed by atoms with Gasteiger partial charge in [-0.3, -0.25) is 0 Å². The standard InChI is InChI=1S/C10H10BrN3OS/c1-3-8-13-10(16-14-8)15-7-5-4-6(2)12-9(7)11/h4-5H,3H2,1-2H3. The maximum Gasteiger partial charge on any atom is 0.298 e. The summed E-state index contributed by atoms with van der Waals surface area (Å²) in [6.07, 6.45) is 0.813. The fraction of sp³-hybridized carbons (Fsp3) is 0.300. The first-order valence-corrected chi connectivity index (χ1v) is 6.39. The lowest BCUT2D eigenvalue weighted by molar-refractivity contribution is 0.471. The van der Waals surface area contributed by atoms with E-state index in [-0.39, 0.29) is 0 Å². The van der Waals surface area contributed by atoms with Gasteiger partial charge in [-0.1, -0.05) is 6.92 Å². The molecule has 84 valence electrons. The molecule has 0 aliphatic carbocycles. The molecule has 2 aromatic rings. The Morgan fingerprint density at radius 2 is 2.19 bits per heavy atom. The first-order valence-electron chi connectivity index (χ1n) is 4.82. The predicted octanol–water partition coefficient (Wildman–Crippen LogP) is 3.36. The van der Waals surface area contributed by atoms with Crippen molar-refractivity contribution in [2.24, 2.45) is 0 Å². The molecule has 0 atom stereocenters. The summed E-state index contributed by atoms with van der Waals surface area (Å²) < 4.78 is 10.4. The molecule has 0 N–H and O–H groups in total. The van der Waals surface area contributed by atoms with Crippen molar-refractivity contribution < 1.29 is 4.74 Å². The average molecular weight is 300 g/mol. The third kappa shape index (κ3) is 2.56. The fourth-order valence-electron chi connectivity index (χ4n) is 1.11. The van der Waals surface area contributed by atoms with Crippen LogP contribution in [-0.4, -0.2) is 14.3 Å². The Bertz CT molecular complexity index is 501. The van der Waals surface area contributed by atoms with E-state index in [1.165, 1.54) is 11.5 Å². The van der Waals surface area contributed by atoms with Crippen LogP contribution in [0.4, 0.5) is 0 Å². The van der Waals surface area contributed by atoms with Crippen molar-refractivity contribution in [1.82, 2.24) is 14.3 Å².